The zero-order chi connectivity index (χ0) is 38.5. The van der Waals surface area contributed by atoms with E-state index in [2.05, 4.69) is 67.3 Å². The van der Waals surface area contributed by atoms with E-state index in [1.807, 2.05) is 134 Å². The number of rotatable bonds is 7. The number of allylic oxidation sites excluding steroid dienone is 8. The van der Waals surface area contributed by atoms with E-state index >= 15 is 0 Å². The summed E-state index contributed by atoms with van der Waals surface area (Å²) in [5.41, 5.74) is 9.34. The van der Waals surface area contributed by atoms with Crippen molar-refractivity contribution in [2.24, 2.45) is 15.0 Å². The molecule has 2 heterocycles. The Balaban J connectivity index is 1.32. The first-order chi connectivity index (χ1) is 27.6. The Morgan fingerprint density at radius 3 is 1.95 bits per heavy atom. The van der Waals surface area contributed by atoms with Gasteiger partial charge in [-0.15, -0.1) is 0 Å². The molecular formula is C50H41N5O. The highest BCUT2D eigenvalue weighted by molar-refractivity contribution is 6.13. The van der Waals surface area contributed by atoms with Gasteiger partial charge in [0.1, 0.15) is 0 Å². The van der Waals surface area contributed by atoms with Gasteiger partial charge in [-0.05, 0) is 46.7 Å². The lowest BCUT2D eigenvalue weighted by molar-refractivity contribution is 0.194. The molecule has 0 unspecified atom stereocenters. The molecule has 5 aromatic carbocycles. The highest BCUT2D eigenvalue weighted by atomic mass is 16.5. The summed E-state index contributed by atoms with van der Waals surface area (Å²) >= 11 is 0. The van der Waals surface area contributed by atoms with E-state index in [1.165, 1.54) is 0 Å². The summed E-state index contributed by atoms with van der Waals surface area (Å²) < 4.78 is 5.86. The number of nitrogens with zero attached hydrogens (tertiary/aromatic N) is 5. The molecule has 1 aliphatic heterocycles. The minimum Gasteiger partial charge on any atom is -0.373 e. The summed E-state index contributed by atoms with van der Waals surface area (Å²) in [6.07, 6.45) is 11.9. The van der Waals surface area contributed by atoms with Gasteiger partial charge in [-0.2, -0.15) is 0 Å². The van der Waals surface area contributed by atoms with Crippen LogP contribution >= 0.6 is 0 Å². The zero-order valence-corrected chi connectivity index (χ0v) is 31.1. The van der Waals surface area contributed by atoms with Crippen molar-refractivity contribution in [3.63, 3.8) is 0 Å². The number of benzene rings is 5. The summed E-state index contributed by atoms with van der Waals surface area (Å²) in [6.45, 7) is 14.4. The topological polar surface area (TPSA) is 72.1 Å². The molecule has 0 saturated heterocycles. The number of hydrogen-bond acceptors (Lipinski definition) is 4. The SMILES string of the molecule is C=NC(=NC(=NCc1ccccc1)c1cccc(/C2=C/C=C\COC/C=C\C=C(\c3nc(-c4ccccc4)c4ccccc4n3)C(=C)C2=C)c1)c1ccccc1. The van der Waals surface area contributed by atoms with Gasteiger partial charge in [-0.25, -0.2) is 20.0 Å². The summed E-state index contributed by atoms with van der Waals surface area (Å²) in [4.78, 5) is 24.6. The van der Waals surface area contributed by atoms with Crippen LogP contribution in [0.2, 0.25) is 0 Å². The molecule has 1 aromatic heterocycles. The third-order valence-corrected chi connectivity index (χ3v) is 9.21. The fourth-order valence-electron chi connectivity index (χ4n) is 6.31. The molecule has 0 aliphatic carbocycles. The number of ether oxygens (including phenoxy) is 1. The molecule has 0 amide bonds. The Morgan fingerprint density at radius 2 is 1.21 bits per heavy atom. The van der Waals surface area contributed by atoms with E-state index in [1.54, 1.807) is 0 Å². The highest BCUT2D eigenvalue weighted by Crippen LogP contribution is 2.36. The molecule has 6 heteroatoms. The number of aromatic nitrogens is 2. The van der Waals surface area contributed by atoms with E-state index in [-0.39, 0.29) is 0 Å². The molecule has 0 radical (unpaired) electrons. The van der Waals surface area contributed by atoms with Crippen molar-refractivity contribution in [1.82, 2.24) is 9.97 Å². The van der Waals surface area contributed by atoms with Crippen LogP contribution in [0, 0.1) is 0 Å². The summed E-state index contributed by atoms with van der Waals surface area (Å²) in [7, 11) is 0. The van der Waals surface area contributed by atoms with Gasteiger partial charge in [0.2, 0.25) is 0 Å². The Bertz CT molecular complexity index is 2560. The molecule has 6 aromatic rings. The fraction of sp³-hybridized carbons (Fsp3) is 0.0600. The van der Waals surface area contributed by atoms with Crippen molar-refractivity contribution in [2.75, 3.05) is 13.2 Å². The fourth-order valence-corrected chi connectivity index (χ4v) is 6.31. The molecule has 0 atom stereocenters. The molecular weight excluding hydrogens is 687 g/mol. The van der Waals surface area contributed by atoms with Crippen molar-refractivity contribution < 1.29 is 4.74 Å². The third-order valence-electron chi connectivity index (χ3n) is 9.21. The Labute approximate surface area is 328 Å². The Morgan fingerprint density at radius 1 is 0.607 bits per heavy atom. The smallest absolute Gasteiger partial charge is 0.161 e. The normalized spacial score (nSPS) is 17.4. The minimum atomic E-state index is 0.441. The van der Waals surface area contributed by atoms with Crippen molar-refractivity contribution in [2.45, 2.75) is 6.54 Å². The van der Waals surface area contributed by atoms with E-state index in [9.17, 15) is 0 Å². The van der Waals surface area contributed by atoms with Crippen LogP contribution < -0.4 is 0 Å². The first-order valence-electron chi connectivity index (χ1n) is 18.4. The van der Waals surface area contributed by atoms with Crippen LogP contribution in [0.3, 0.4) is 0 Å². The highest BCUT2D eigenvalue weighted by Gasteiger charge is 2.19. The van der Waals surface area contributed by atoms with E-state index in [4.69, 9.17) is 24.7 Å². The van der Waals surface area contributed by atoms with E-state index in [0.29, 0.717) is 48.4 Å². The van der Waals surface area contributed by atoms with Crippen LogP contribution in [0.15, 0.2) is 215 Å². The second-order valence-corrected chi connectivity index (χ2v) is 13.0. The van der Waals surface area contributed by atoms with Crippen LogP contribution in [-0.2, 0) is 11.3 Å². The average molecular weight is 728 g/mol. The standard InChI is InChI=1S/C50H41N5O/c1-36-37(2)44(50-53-46-31-14-13-30-45(46)47(54-50)39-22-9-5-10-23-39)29-16-18-33-56-32-17-15-28-43(36)41-26-19-27-42(34-41)49(52-35-38-20-7-4-8-21-38)55-48(51-3)40-24-11-6-12-25-40/h4-31,34H,1-3,32-33,35H2/b17-15-,18-16-,43-28+,44-29+,52-49?,55-48?. The molecule has 56 heavy (non-hydrogen) atoms. The number of amidine groups is 2. The lowest BCUT2D eigenvalue weighted by Gasteiger charge is -2.18. The summed E-state index contributed by atoms with van der Waals surface area (Å²) in [5.74, 6) is 1.56. The van der Waals surface area contributed by atoms with Gasteiger partial charge in [0, 0.05) is 27.6 Å². The predicted octanol–water partition coefficient (Wildman–Crippen LogP) is 11.1. The molecule has 1 aliphatic rings. The van der Waals surface area contributed by atoms with Gasteiger partial charge in [-0.1, -0.05) is 177 Å². The van der Waals surface area contributed by atoms with Gasteiger partial charge in [0.25, 0.3) is 0 Å². The first kappa shape index (κ1) is 37.2. The van der Waals surface area contributed by atoms with Gasteiger partial charge >= 0.3 is 0 Å². The maximum atomic E-state index is 5.86. The van der Waals surface area contributed by atoms with Gasteiger partial charge in [-0.3, -0.25) is 4.99 Å². The average Bonchev–Trinajstić information content (AvgIpc) is 3.27. The first-order valence-corrected chi connectivity index (χ1v) is 18.4. The zero-order valence-electron chi connectivity index (χ0n) is 31.1. The van der Waals surface area contributed by atoms with Crippen LogP contribution in [0.1, 0.15) is 28.1 Å². The molecule has 6 nitrogen and oxygen atoms in total. The number of aliphatic imine (C=N–C) groups is 3. The summed E-state index contributed by atoms with van der Waals surface area (Å²) in [6, 6.07) is 46.3. The lowest BCUT2D eigenvalue weighted by Crippen LogP contribution is -2.06. The van der Waals surface area contributed by atoms with Crippen LogP contribution in [0.4, 0.5) is 0 Å². The second-order valence-electron chi connectivity index (χ2n) is 13.0. The quantitative estimate of drug-likeness (QED) is 0.121. The second kappa shape index (κ2) is 18.3. The van der Waals surface area contributed by atoms with Crippen molar-refractivity contribution in [3.05, 3.63) is 228 Å². The van der Waals surface area contributed by atoms with Gasteiger partial charge in [0.15, 0.2) is 17.5 Å². The lowest BCUT2D eigenvalue weighted by atomic mass is 9.88. The van der Waals surface area contributed by atoms with Gasteiger partial charge < -0.3 is 4.74 Å². The van der Waals surface area contributed by atoms with Crippen molar-refractivity contribution in [1.29, 1.82) is 0 Å². The predicted molar refractivity (Wildman–Crippen MR) is 234 cm³/mol. The molecule has 272 valence electrons. The van der Waals surface area contributed by atoms with Crippen molar-refractivity contribution >= 4 is 40.4 Å². The molecule has 0 saturated carbocycles. The van der Waals surface area contributed by atoms with E-state index in [0.717, 1.165) is 55.6 Å². The molecule has 0 spiro atoms. The molecule has 0 bridgehead atoms. The van der Waals surface area contributed by atoms with Crippen LogP contribution in [-0.4, -0.2) is 41.6 Å². The monoisotopic (exact) mass is 727 g/mol. The number of hydrogen-bond donors (Lipinski definition) is 0. The minimum absolute atomic E-state index is 0.441. The van der Waals surface area contributed by atoms with Crippen LogP contribution in [0.25, 0.3) is 33.3 Å². The molecule has 0 N–H and O–H groups in total. The van der Waals surface area contributed by atoms with E-state index < -0.39 is 0 Å². The Kier molecular flexibility index (Phi) is 12.1. The van der Waals surface area contributed by atoms with Crippen molar-refractivity contribution in [3.8, 4) is 11.3 Å². The number of fused-ring (bicyclic) bond motifs is 1. The maximum absolute atomic E-state index is 5.86. The van der Waals surface area contributed by atoms with Gasteiger partial charge in [0.05, 0.1) is 31.0 Å². The van der Waals surface area contributed by atoms with Crippen LogP contribution in [0.5, 0.6) is 0 Å². The third kappa shape index (κ3) is 8.96. The maximum Gasteiger partial charge on any atom is 0.161 e. The molecule has 0 fully saturated rings. The molecule has 7 rings (SSSR count). The largest absolute Gasteiger partial charge is 0.373 e. The Hall–Kier alpha value is -7.15. The number of para-hydroxylation sites is 1. The summed E-state index contributed by atoms with van der Waals surface area (Å²) in [5, 5.41) is 0.970.